The number of nitrogens with one attached hydrogen (secondary N) is 1. The monoisotopic (exact) mass is 411 g/mol. The summed E-state index contributed by atoms with van der Waals surface area (Å²) in [6.07, 6.45) is 7.39. The molecule has 0 atom stereocenters. The number of methoxy groups -OCH3 is 1. The van der Waals surface area contributed by atoms with Crippen molar-refractivity contribution in [3.63, 3.8) is 0 Å². The number of hydrogen-bond donors (Lipinski definition) is 1. The molecule has 0 bridgehead atoms. The highest BCUT2D eigenvalue weighted by atomic mass is 16.5. The number of nitrogens with zero attached hydrogens (tertiary/aromatic N) is 4. The van der Waals surface area contributed by atoms with E-state index in [1.807, 2.05) is 25.7 Å². The number of aromatic nitrogens is 2. The third kappa shape index (κ3) is 4.89. The van der Waals surface area contributed by atoms with Crippen LogP contribution < -0.4 is 10.1 Å². The van der Waals surface area contributed by atoms with Gasteiger partial charge in [-0.3, -0.25) is 9.78 Å². The van der Waals surface area contributed by atoms with E-state index in [0.717, 1.165) is 48.1 Å². The van der Waals surface area contributed by atoms with Crippen LogP contribution in [0.15, 0.2) is 39.9 Å². The molecule has 1 aliphatic heterocycles. The summed E-state index contributed by atoms with van der Waals surface area (Å²) in [6, 6.07) is 0. The predicted octanol–water partition coefficient (Wildman–Crippen LogP) is 3.60. The van der Waals surface area contributed by atoms with Crippen LogP contribution in [-0.2, 0) is 4.79 Å². The molecule has 7 heteroatoms. The van der Waals surface area contributed by atoms with Crippen molar-refractivity contribution in [2.75, 3.05) is 20.2 Å². The van der Waals surface area contributed by atoms with Gasteiger partial charge < -0.3 is 15.0 Å². The molecule has 0 radical (unpaired) electrons. The van der Waals surface area contributed by atoms with Gasteiger partial charge in [-0.2, -0.15) is 0 Å². The summed E-state index contributed by atoms with van der Waals surface area (Å²) in [5.74, 6) is 1.60. The van der Waals surface area contributed by atoms with Gasteiger partial charge in [0.2, 0.25) is 5.88 Å². The van der Waals surface area contributed by atoms with E-state index in [4.69, 9.17) is 4.74 Å². The molecule has 2 heterocycles. The van der Waals surface area contributed by atoms with E-state index in [0.29, 0.717) is 30.7 Å². The Hall–Kier alpha value is -2.70. The van der Waals surface area contributed by atoms with Gasteiger partial charge in [0.25, 0.3) is 5.91 Å². The minimum absolute atomic E-state index is 0.0654. The van der Waals surface area contributed by atoms with Crippen LogP contribution in [-0.4, -0.2) is 53.2 Å². The summed E-state index contributed by atoms with van der Waals surface area (Å²) in [4.78, 5) is 28.3. The van der Waals surface area contributed by atoms with Gasteiger partial charge in [0.05, 0.1) is 25.2 Å². The van der Waals surface area contributed by atoms with E-state index >= 15 is 0 Å². The number of piperidine rings is 1. The summed E-state index contributed by atoms with van der Waals surface area (Å²) in [7, 11) is 1.58. The number of ether oxygens (including phenoxy) is 1. The van der Waals surface area contributed by atoms with E-state index in [1.54, 1.807) is 19.5 Å². The van der Waals surface area contributed by atoms with Crippen LogP contribution >= 0.6 is 0 Å². The topological polar surface area (TPSA) is 79.7 Å². The first-order valence-electron chi connectivity index (χ1n) is 10.6. The fraction of sp³-hybridized carbons (Fsp3) is 0.565. The maximum Gasteiger partial charge on any atom is 0.254 e. The Morgan fingerprint density at radius 1 is 1.23 bits per heavy atom. The average Bonchev–Trinajstić information content (AvgIpc) is 3.49. The summed E-state index contributed by atoms with van der Waals surface area (Å²) in [5.41, 5.74) is 3.62. The Bertz CT molecular complexity index is 856. The van der Waals surface area contributed by atoms with Crippen LogP contribution in [0.25, 0.3) is 0 Å². The van der Waals surface area contributed by atoms with Gasteiger partial charge in [0.15, 0.2) is 0 Å². The molecular weight excluding hydrogens is 378 g/mol. The van der Waals surface area contributed by atoms with Crippen LogP contribution in [0, 0.1) is 0 Å². The van der Waals surface area contributed by atoms with Gasteiger partial charge in [-0.05, 0) is 60.1 Å². The van der Waals surface area contributed by atoms with Crippen LogP contribution in [0.1, 0.15) is 65.0 Å². The zero-order chi connectivity index (χ0) is 21.9. The maximum atomic E-state index is 13.4. The standard InChI is InChI=1S/C23H33N5O2/c1-15(2)20(16(3)21(24-5)27-23(4)9-10-23)22(29)28-11-7-17(8-12-28)18-13-26-19(30-6)14-25-18/h13-14,17,27H,5,7-12H2,1-4,6H3/b21-16-. The number of rotatable bonds is 7. The lowest BCUT2D eigenvalue weighted by atomic mass is 9.92. The van der Waals surface area contributed by atoms with E-state index in [1.165, 1.54) is 0 Å². The second kappa shape index (κ2) is 8.98. The zero-order valence-corrected chi connectivity index (χ0v) is 18.8. The molecule has 1 saturated heterocycles. The molecule has 2 fully saturated rings. The smallest absolute Gasteiger partial charge is 0.254 e. The fourth-order valence-corrected chi connectivity index (χ4v) is 3.90. The van der Waals surface area contributed by atoms with Crippen molar-refractivity contribution in [1.29, 1.82) is 0 Å². The first-order valence-corrected chi connectivity index (χ1v) is 10.6. The van der Waals surface area contributed by atoms with E-state index in [2.05, 4.69) is 33.9 Å². The molecule has 2 aliphatic rings. The van der Waals surface area contributed by atoms with Crippen LogP contribution in [0.2, 0.25) is 0 Å². The molecule has 0 spiro atoms. The molecule has 1 aliphatic carbocycles. The number of allylic oxidation sites excluding steroid dienone is 1. The van der Waals surface area contributed by atoms with Gasteiger partial charge in [-0.1, -0.05) is 5.57 Å². The molecular formula is C23H33N5O2. The Labute approximate surface area is 179 Å². The quantitative estimate of drug-likeness (QED) is 0.421. The van der Waals surface area contributed by atoms with Gasteiger partial charge >= 0.3 is 0 Å². The lowest BCUT2D eigenvalue weighted by molar-refractivity contribution is -0.128. The van der Waals surface area contributed by atoms with E-state index in [9.17, 15) is 4.79 Å². The lowest BCUT2D eigenvalue weighted by Crippen LogP contribution is -2.39. The van der Waals surface area contributed by atoms with Crippen LogP contribution in [0.4, 0.5) is 0 Å². The summed E-state index contributed by atoms with van der Waals surface area (Å²) in [6.45, 7) is 13.2. The first kappa shape index (κ1) is 22.0. The molecule has 1 aromatic heterocycles. The van der Waals surface area contributed by atoms with Crippen molar-refractivity contribution >= 4 is 12.6 Å². The summed E-state index contributed by atoms with van der Waals surface area (Å²) in [5, 5.41) is 3.47. The highest BCUT2D eigenvalue weighted by Gasteiger charge is 2.38. The third-order valence-corrected chi connectivity index (χ3v) is 6.08. The Balaban J connectivity index is 1.71. The normalized spacial score (nSPS) is 18.9. The second-order valence-corrected chi connectivity index (χ2v) is 8.74. The zero-order valence-electron chi connectivity index (χ0n) is 18.8. The minimum atomic E-state index is 0.0654. The van der Waals surface area contributed by atoms with Crippen molar-refractivity contribution in [2.24, 2.45) is 4.99 Å². The number of carbonyl (C=O) groups excluding carboxylic acids is 1. The molecule has 1 amide bonds. The summed E-state index contributed by atoms with van der Waals surface area (Å²) < 4.78 is 5.09. The highest BCUT2D eigenvalue weighted by molar-refractivity contribution is 5.98. The SMILES string of the molecule is C=N/C(NC1(C)CC1)=C(\C)C(C(=O)N1CCC(c2cnc(OC)cn2)CC1)=C(C)C. The minimum Gasteiger partial charge on any atom is -0.480 e. The molecule has 7 nitrogen and oxygen atoms in total. The molecule has 162 valence electrons. The molecule has 30 heavy (non-hydrogen) atoms. The van der Waals surface area contributed by atoms with E-state index in [-0.39, 0.29) is 11.4 Å². The molecule has 3 rings (SSSR count). The van der Waals surface area contributed by atoms with Crippen molar-refractivity contribution in [2.45, 2.75) is 64.8 Å². The van der Waals surface area contributed by atoms with Crippen molar-refractivity contribution < 1.29 is 9.53 Å². The Morgan fingerprint density at radius 2 is 1.90 bits per heavy atom. The van der Waals surface area contributed by atoms with Crippen molar-refractivity contribution in [3.8, 4) is 5.88 Å². The number of aliphatic imine (C=N–C) groups is 1. The Kier molecular flexibility index (Phi) is 6.58. The lowest BCUT2D eigenvalue weighted by Gasteiger charge is -2.33. The second-order valence-electron chi connectivity index (χ2n) is 8.74. The van der Waals surface area contributed by atoms with Gasteiger partial charge in [0.1, 0.15) is 5.82 Å². The average molecular weight is 412 g/mol. The van der Waals surface area contributed by atoms with Gasteiger partial charge in [-0.15, -0.1) is 0 Å². The molecule has 1 N–H and O–H groups in total. The number of hydrogen-bond acceptors (Lipinski definition) is 6. The molecule has 0 aromatic carbocycles. The summed E-state index contributed by atoms with van der Waals surface area (Å²) >= 11 is 0. The fourth-order valence-electron chi connectivity index (χ4n) is 3.90. The Morgan fingerprint density at radius 3 is 2.37 bits per heavy atom. The predicted molar refractivity (Wildman–Crippen MR) is 119 cm³/mol. The van der Waals surface area contributed by atoms with Crippen molar-refractivity contribution in [3.05, 3.63) is 40.6 Å². The highest BCUT2D eigenvalue weighted by Crippen LogP contribution is 2.36. The van der Waals surface area contributed by atoms with E-state index < -0.39 is 0 Å². The van der Waals surface area contributed by atoms with Crippen molar-refractivity contribution in [1.82, 2.24) is 20.2 Å². The molecule has 0 unspecified atom stereocenters. The van der Waals surface area contributed by atoms with Crippen LogP contribution in [0.5, 0.6) is 5.88 Å². The third-order valence-electron chi connectivity index (χ3n) is 6.08. The largest absolute Gasteiger partial charge is 0.480 e. The van der Waals surface area contributed by atoms with Gasteiger partial charge in [-0.25, -0.2) is 9.98 Å². The maximum absolute atomic E-state index is 13.4. The number of carbonyl (C=O) groups is 1. The van der Waals surface area contributed by atoms with Crippen LogP contribution in [0.3, 0.4) is 0 Å². The first-order chi connectivity index (χ1) is 14.3. The number of likely N-dealkylation sites (tertiary alicyclic amines) is 1. The molecule has 1 saturated carbocycles. The number of amides is 1. The van der Waals surface area contributed by atoms with Gasteiger partial charge in [0, 0.05) is 35.7 Å². The molecule has 1 aromatic rings.